The zero-order valence-electron chi connectivity index (χ0n) is 14.3. The van der Waals surface area contributed by atoms with E-state index < -0.39 is 5.92 Å². The molecule has 0 saturated carbocycles. The maximum absolute atomic E-state index is 12.7. The number of anilines is 2. The molecule has 124 valence electrons. The summed E-state index contributed by atoms with van der Waals surface area (Å²) in [7, 11) is 0. The monoisotopic (exact) mass is 322 g/mol. The minimum absolute atomic E-state index is 0.120. The number of aryl methyl sites for hydroxylation is 3. The van der Waals surface area contributed by atoms with Crippen molar-refractivity contribution in [1.29, 1.82) is 0 Å². The van der Waals surface area contributed by atoms with Gasteiger partial charge in [0.25, 0.3) is 0 Å². The van der Waals surface area contributed by atoms with Crippen LogP contribution in [-0.4, -0.2) is 18.4 Å². The molecule has 2 aromatic rings. The molecule has 4 nitrogen and oxygen atoms in total. The van der Waals surface area contributed by atoms with E-state index in [-0.39, 0.29) is 11.8 Å². The molecule has 1 N–H and O–H groups in total. The van der Waals surface area contributed by atoms with Crippen molar-refractivity contribution in [1.82, 2.24) is 0 Å². The van der Waals surface area contributed by atoms with Crippen LogP contribution in [0.2, 0.25) is 0 Å². The average Bonchev–Trinajstić information content (AvgIpc) is 2.93. The van der Waals surface area contributed by atoms with Crippen LogP contribution >= 0.6 is 0 Å². The van der Waals surface area contributed by atoms with E-state index in [1.807, 2.05) is 63.2 Å². The van der Waals surface area contributed by atoms with Gasteiger partial charge in [-0.25, -0.2) is 0 Å². The van der Waals surface area contributed by atoms with E-state index in [0.29, 0.717) is 13.0 Å². The summed E-state index contributed by atoms with van der Waals surface area (Å²) in [6.45, 7) is 6.59. The highest BCUT2D eigenvalue weighted by Gasteiger charge is 2.38. The van der Waals surface area contributed by atoms with Crippen LogP contribution in [0.15, 0.2) is 42.5 Å². The van der Waals surface area contributed by atoms with Gasteiger partial charge in [-0.15, -0.1) is 0 Å². The van der Waals surface area contributed by atoms with Gasteiger partial charge in [-0.3, -0.25) is 9.59 Å². The van der Waals surface area contributed by atoms with Gasteiger partial charge >= 0.3 is 0 Å². The topological polar surface area (TPSA) is 49.4 Å². The number of carbonyl (C=O) groups excluding carboxylic acids is 2. The molecule has 4 heteroatoms. The maximum atomic E-state index is 12.7. The zero-order valence-corrected chi connectivity index (χ0v) is 14.3. The third-order valence-electron chi connectivity index (χ3n) is 4.70. The Labute approximate surface area is 142 Å². The van der Waals surface area contributed by atoms with Crippen LogP contribution in [0.5, 0.6) is 0 Å². The molecular formula is C20H22N2O2. The van der Waals surface area contributed by atoms with Crippen LogP contribution in [0.25, 0.3) is 0 Å². The standard InChI is InChI=1S/C20H22N2O2/c1-13-8-9-16(12-15(13)3)21-19(23)17-10-11-22(20(17)24)18-7-5-4-6-14(18)2/h4-9,12,17H,10-11H2,1-3H3,(H,21,23). The van der Waals surface area contributed by atoms with E-state index in [9.17, 15) is 9.59 Å². The Morgan fingerprint density at radius 2 is 1.79 bits per heavy atom. The summed E-state index contributed by atoms with van der Waals surface area (Å²) in [6, 6.07) is 13.6. The van der Waals surface area contributed by atoms with Gasteiger partial charge in [0, 0.05) is 17.9 Å². The molecule has 1 heterocycles. The SMILES string of the molecule is Cc1ccc(NC(=O)C2CCN(c3ccccc3C)C2=O)cc1C. The molecule has 3 rings (SSSR count). The fourth-order valence-corrected chi connectivity index (χ4v) is 3.08. The van der Waals surface area contributed by atoms with Gasteiger partial charge in [0.2, 0.25) is 11.8 Å². The summed E-state index contributed by atoms with van der Waals surface area (Å²) >= 11 is 0. The zero-order chi connectivity index (χ0) is 17.3. The first-order chi connectivity index (χ1) is 11.5. The van der Waals surface area contributed by atoms with Crippen molar-refractivity contribution in [2.45, 2.75) is 27.2 Å². The predicted octanol–water partition coefficient (Wildman–Crippen LogP) is 3.60. The van der Waals surface area contributed by atoms with E-state index in [0.717, 1.165) is 22.5 Å². The number of hydrogen-bond acceptors (Lipinski definition) is 2. The average molecular weight is 322 g/mol. The second-order valence-corrected chi connectivity index (χ2v) is 6.41. The molecule has 0 aliphatic carbocycles. The van der Waals surface area contributed by atoms with Crippen molar-refractivity contribution >= 4 is 23.2 Å². The molecule has 1 aliphatic heterocycles. The predicted molar refractivity (Wildman–Crippen MR) is 96.2 cm³/mol. The molecule has 1 unspecified atom stereocenters. The second kappa shape index (κ2) is 6.48. The molecule has 0 spiro atoms. The first-order valence-electron chi connectivity index (χ1n) is 8.22. The van der Waals surface area contributed by atoms with Crippen LogP contribution in [0.3, 0.4) is 0 Å². The number of amides is 2. The molecule has 24 heavy (non-hydrogen) atoms. The lowest BCUT2D eigenvalue weighted by atomic mass is 10.1. The highest BCUT2D eigenvalue weighted by molar-refractivity contribution is 6.13. The summed E-state index contributed by atoms with van der Waals surface area (Å²) in [6.07, 6.45) is 0.545. The summed E-state index contributed by atoms with van der Waals surface area (Å²) in [5.74, 6) is -0.962. The van der Waals surface area contributed by atoms with Crippen LogP contribution in [0, 0.1) is 26.7 Å². The molecule has 2 aromatic carbocycles. The fraction of sp³-hybridized carbons (Fsp3) is 0.300. The molecule has 2 amide bonds. The van der Waals surface area contributed by atoms with Crippen LogP contribution in [0.4, 0.5) is 11.4 Å². The number of nitrogens with zero attached hydrogens (tertiary/aromatic N) is 1. The van der Waals surface area contributed by atoms with E-state index in [2.05, 4.69) is 5.32 Å². The summed E-state index contributed by atoms with van der Waals surface area (Å²) in [5.41, 5.74) is 4.97. The minimum atomic E-state index is -0.619. The number of benzene rings is 2. The van der Waals surface area contributed by atoms with Crippen LogP contribution < -0.4 is 10.2 Å². The number of hydrogen-bond donors (Lipinski definition) is 1. The normalized spacial score (nSPS) is 17.2. The third kappa shape index (κ3) is 3.04. The smallest absolute Gasteiger partial charge is 0.239 e. The number of nitrogens with one attached hydrogen (secondary N) is 1. The Balaban J connectivity index is 1.74. The van der Waals surface area contributed by atoms with Gasteiger partial charge in [-0.1, -0.05) is 24.3 Å². The third-order valence-corrected chi connectivity index (χ3v) is 4.70. The summed E-state index contributed by atoms with van der Waals surface area (Å²) in [5, 5.41) is 2.88. The Hall–Kier alpha value is -2.62. The largest absolute Gasteiger partial charge is 0.325 e. The molecule has 1 fully saturated rings. The van der Waals surface area contributed by atoms with E-state index in [4.69, 9.17) is 0 Å². The molecular weight excluding hydrogens is 300 g/mol. The quantitative estimate of drug-likeness (QED) is 0.878. The van der Waals surface area contributed by atoms with Gasteiger partial charge in [0.05, 0.1) is 0 Å². The highest BCUT2D eigenvalue weighted by atomic mass is 16.2. The Morgan fingerprint density at radius 1 is 1.04 bits per heavy atom. The van der Waals surface area contributed by atoms with Crippen LogP contribution in [0.1, 0.15) is 23.1 Å². The Kier molecular flexibility index (Phi) is 4.38. The number of rotatable bonds is 3. The Bertz CT molecular complexity index is 798. The lowest BCUT2D eigenvalue weighted by Crippen LogP contribution is -2.33. The maximum Gasteiger partial charge on any atom is 0.239 e. The van der Waals surface area contributed by atoms with Crippen molar-refractivity contribution in [2.24, 2.45) is 5.92 Å². The fourth-order valence-electron chi connectivity index (χ4n) is 3.08. The van der Waals surface area contributed by atoms with E-state index >= 15 is 0 Å². The lowest BCUT2D eigenvalue weighted by molar-refractivity contribution is -0.129. The van der Waals surface area contributed by atoms with Crippen molar-refractivity contribution in [2.75, 3.05) is 16.8 Å². The van der Waals surface area contributed by atoms with Crippen molar-refractivity contribution < 1.29 is 9.59 Å². The molecule has 0 bridgehead atoms. The van der Waals surface area contributed by atoms with Gasteiger partial charge in [0.15, 0.2) is 0 Å². The first-order valence-corrected chi connectivity index (χ1v) is 8.22. The molecule has 1 aliphatic rings. The molecule has 0 radical (unpaired) electrons. The lowest BCUT2D eigenvalue weighted by Gasteiger charge is -2.19. The Morgan fingerprint density at radius 3 is 2.50 bits per heavy atom. The second-order valence-electron chi connectivity index (χ2n) is 6.41. The number of carbonyl (C=O) groups is 2. The van der Waals surface area contributed by atoms with E-state index in [1.165, 1.54) is 5.56 Å². The van der Waals surface area contributed by atoms with Crippen molar-refractivity contribution in [3.8, 4) is 0 Å². The molecule has 1 atom stereocenters. The van der Waals surface area contributed by atoms with Gasteiger partial charge in [-0.05, 0) is 62.1 Å². The van der Waals surface area contributed by atoms with E-state index in [1.54, 1.807) is 4.90 Å². The number of para-hydroxylation sites is 1. The highest BCUT2D eigenvalue weighted by Crippen LogP contribution is 2.28. The molecule has 0 aromatic heterocycles. The summed E-state index contributed by atoms with van der Waals surface area (Å²) < 4.78 is 0. The van der Waals surface area contributed by atoms with Gasteiger partial charge in [0.1, 0.15) is 5.92 Å². The molecule has 1 saturated heterocycles. The first kappa shape index (κ1) is 16.2. The van der Waals surface area contributed by atoms with Crippen LogP contribution in [-0.2, 0) is 9.59 Å². The van der Waals surface area contributed by atoms with Gasteiger partial charge < -0.3 is 10.2 Å². The summed E-state index contributed by atoms with van der Waals surface area (Å²) in [4.78, 5) is 26.9. The minimum Gasteiger partial charge on any atom is -0.325 e. The van der Waals surface area contributed by atoms with Crippen molar-refractivity contribution in [3.63, 3.8) is 0 Å². The van der Waals surface area contributed by atoms with Crippen molar-refractivity contribution in [3.05, 3.63) is 59.2 Å². The van der Waals surface area contributed by atoms with Gasteiger partial charge in [-0.2, -0.15) is 0 Å².